The number of carbonyl (C=O) groups is 1. The molecule has 1 amide bonds. The summed E-state index contributed by atoms with van der Waals surface area (Å²) in [5.74, 6) is 0.702. The topological polar surface area (TPSA) is 46.1 Å². The molecule has 1 saturated carbocycles. The van der Waals surface area contributed by atoms with Gasteiger partial charge in [-0.05, 0) is 31.6 Å². The van der Waals surface area contributed by atoms with Gasteiger partial charge in [0, 0.05) is 18.8 Å². The average Bonchev–Trinajstić information content (AvgIpc) is 3.28. The third-order valence-corrected chi connectivity index (χ3v) is 7.56. The molecule has 1 aromatic rings. The summed E-state index contributed by atoms with van der Waals surface area (Å²) in [5.41, 5.74) is 0. The van der Waals surface area contributed by atoms with E-state index in [0.29, 0.717) is 0 Å². The number of hydrogen-bond donors (Lipinski definition) is 0. The van der Waals surface area contributed by atoms with E-state index in [2.05, 4.69) is 10.2 Å². The molecule has 0 bridgehead atoms. The maximum absolute atomic E-state index is 12.6. The molecule has 0 aromatic carbocycles. The Morgan fingerprint density at radius 2 is 1.75 bits per heavy atom. The molecular weight excluding hydrogens is 379 g/mol. The van der Waals surface area contributed by atoms with E-state index in [1.165, 1.54) is 40.8 Å². The Morgan fingerprint density at radius 1 is 1.12 bits per heavy atom. The molecule has 1 aliphatic heterocycles. The van der Waals surface area contributed by atoms with Crippen LogP contribution in [0.15, 0.2) is 8.68 Å². The predicted octanol–water partition coefficient (Wildman–Crippen LogP) is 3.93. The standard InChI is InChI=1S/C14H18F3N3OS3/c15-14(16,17)10-3-5-20(6-4-10)11(21)8-23-13-19-18-12(24-13)22-7-9-1-2-9/h9-10H,1-8H2. The van der Waals surface area contributed by atoms with Gasteiger partial charge in [0.2, 0.25) is 5.91 Å². The van der Waals surface area contributed by atoms with Crippen LogP contribution in [0.4, 0.5) is 13.2 Å². The SMILES string of the molecule is O=C(CSc1nnc(SCC2CC2)s1)N1CCC(C(F)(F)F)CC1. The first kappa shape index (κ1) is 18.3. The molecule has 1 saturated heterocycles. The van der Waals surface area contributed by atoms with Gasteiger partial charge in [0.1, 0.15) is 0 Å². The molecule has 1 aromatic heterocycles. The summed E-state index contributed by atoms with van der Waals surface area (Å²) < 4.78 is 39.6. The Morgan fingerprint density at radius 3 is 2.33 bits per heavy atom. The summed E-state index contributed by atoms with van der Waals surface area (Å²) in [5, 5.41) is 8.17. The van der Waals surface area contributed by atoms with Crippen molar-refractivity contribution in [3.63, 3.8) is 0 Å². The zero-order valence-corrected chi connectivity index (χ0v) is 15.4. The molecule has 2 fully saturated rings. The van der Waals surface area contributed by atoms with E-state index in [1.54, 1.807) is 11.8 Å². The minimum absolute atomic E-state index is 0.000664. The van der Waals surface area contributed by atoms with Crippen molar-refractivity contribution < 1.29 is 18.0 Å². The molecule has 3 rings (SSSR count). The summed E-state index contributed by atoms with van der Waals surface area (Å²) in [4.78, 5) is 13.7. The van der Waals surface area contributed by atoms with Crippen molar-refractivity contribution in [3.8, 4) is 0 Å². The first-order chi connectivity index (χ1) is 11.4. The highest BCUT2D eigenvalue weighted by Crippen LogP contribution is 2.37. The molecule has 24 heavy (non-hydrogen) atoms. The van der Waals surface area contributed by atoms with Crippen LogP contribution in [-0.4, -0.2) is 51.8 Å². The first-order valence-corrected chi connectivity index (χ1v) is 10.6. The van der Waals surface area contributed by atoms with E-state index >= 15 is 0 Å². The van der Waals surface area contributed by atoms with Crippen molar-refractivity contribution in [3.05, 3.63) is 0 Å². The van der Waals surface area contributed by atoms with Crippen LogP contribution < -0.4 is 0 Å². The largest absolute Gasteiger partial charge is 0.391 e. The first-order valence-electron chi connectivity index (χ1n) is 7.85. The fraction of sp³-hybridized carbons (Fsp3) is 0.786. The van der Waals surface area contributed by atoms with Gasteiger partial charge in [-0.25, -0.2) is 0 Å². The normalized spacial score (nSPS) is 19.7. The van der Waals surface area contributed by atoms with E-state index in [-0.39, 0.29) is 37.6 Å². The molecular formula is C14H18F3N3OS3. The molecule has 1 aliphatic carbocycles. The van der Waals surface area contributed by atoms with Crippen molar-refractivity contribution in [2.75, 3.05) is 24.6 Å². The quantitative estimate of drug-likeness (QED) is 0.681. The lowest BCUT2D eigenvalue weighted by atomic mass is 9.96. The van der Waals surface area contributed by atoms with Crippen LogP contribution in [0.5, 0.6) is 0 Å². The van der Waals surface area contributed by atoms with Gasteiger partial charge in [-0.15, -0.1) is 10.2 Å². The minimum Gasteiger partial charge on any atom is -0.342 e. The fourth-order valence-electron chi connectivity index (χ4n) is 2.46. The number of amides is 1. The molecule has 2 aliphatic rings. The maximum Gasteiger partial charge on any atom is 0.391 e. The predicted molar refractivity (Wildman–Crippen MR) is 89.4 cm³/mol. The summed E-state index contributed by atoms with van der Waals surface area (Å²) in [6, 6.07) is 0. The molecule has 0 radical (unpaired) electrons. The Bertz CT molecular complexity index is 569. The Kier molecular flexibility index (Phi) is 5.97. The van der Waals surface area contributed by atoms with E-state index in [0.717, 1.165) is 20.4 Å². The van der Waals surface area contributed by atoms with Crippen LogP contribution in [-0.2, 0) is 4.79 Å². The van der Waals surface area contributed by atoms with E-state index in [9.17, 15) is 18.0 Å². The second-order valence-corrected chi connectivity index (χ2v) is 9.54. The molecule has 4 nitrogen and oxygen atoms in total. The minimum atomic E-state index is -4.15. The smallest absolute Gasteiger partial charge is 0.342 e. The van der Waals surface area contributed by atoms with Gasteiger partial charge in [0.15, 0.2) is 8.68 Å². The summed E-state index contributed by atoms with van der Waals surface area (Å²) in [6.45, 7) is 0.365. The molecule has 0 N–H and O–H groups in total. The zero-order valence-electron chi connectivity index (χ0n) is 12.9. The second kappa shape index (κ2) is 7.82. The number of likely N-dealkylation sites (tertiary alicyclic amines) is 1. The Balaban J connectivity index is 1.39. The Labute approximate surface area is 151 Å². The lowest BCUT2D eigenvalue weighted by Crippen LogP contribution is -2.42. The van der Waals surface area contributed by atoms with Gasteiger partial charge >= 0.3 is 6.18 Å². The van der Waals surface area contributed by atoms with Gasteiger partial charge in [0.05, 0.1) is 11.7 Å². The number of nitrogens with zero attached hydrogens (tertiary/aromatic N) is 3. The highest BCUT2D eigenvalue weighted by Gasteiger charge is 2.41. The third-order valence-electron chi connectivity index (χ3n) is 4.16. The van der Waals surface area contributed by atoms with Crippen molar-refractivity contribution in [2.24, 2.45) is 11.8 Å². The zero-order chi connectivity index (χ0) is 17.2. The maximum atomic E-state index is 12.6. The number of halogens is 3. The van der Waals surface area contributed by atoms with Crippen molar-refractivity contribution in [1.29, 1.82) is 0 Å². The van der Waals surface area contributed by atoms with Gasteiger partial charge in [-0.3, -0.25) is 4.79 Å². The van der Waals surface area contributed by atoms with Crippen LogP contribution in [0.2, 0.25) is 0 Å². The van der Waals surface area contributed by atoms with Crippen LogP contribution >= 0.6 is 34.9 Å². The third kappa shape index (κ3) is 5.26. The lowest BCUT2D eigenvalue weighted by Gasteiger charge is -2.32. The number of alkyl halides is 3. The van der Waals surface area contributed by atoms with Crippen molar-refractivity contribution in [2.45, 2.75) is 40.5 Å². The highest BCUT2D eigenvalue weighted by atomic mass is 32.2. The highest BCUT2D eigenvalue weighted by molar-refractivity contribution is 8.03. The second-order valence-electron chi connectivity index (χ2n) is 6.07. The van der Waals surface area contributed by atoms with Gasteiger partial charge in [0.25, 0.3) is 0 Å². The molecule has 0 unspecified atom stereocenters. The Hall–Kier alpha value is -0.480. The van der Waals surface area contributed by atoms with Crippen molar-refractivity contribution >= 4 is 40.8 Å². The summed E-state index contributed by atoms with van der Waals surface area (Å²) >= 11 is 4.50. The number of thioether (sulfide) groups is 2. The number of piperidine rings is 1. The lowest BCUT2D eigenvalue weighted by molar-refractivity contribution is -0.186. The van der Waals surface area contributed by atoms with E-state index in [1.807, 2.05) is 0 Å². The van der Waals surface area contributed by atoms with Crippen molar-refractivity contribution in [1.82, 2.24) is 15.1 Å². The molecule has 10 heteroatoms. The number of rotatable bonds is 6. The van der Waals surface area contributed by atoms with Gasteiger partial charge in [-0.2, -0.15) is 13.2 Å². The molecule has 0 spiro atoms. The average molecular weight is 398 g/mol. The van der Waals surface area contributed by atoms with Gasteiger partial charge < -0.3 is 4.90 Å². The van der Waals surface area contributed by atoms with Crippen LogP contribution in [0.1, 0.15) is 25.7 Å². The van der Waals surface area contributed by atoms with E-state index in [4.69, 9.17) is 0 Å². The van der Waals surface area contributed by atoms with E-state index < -0.39 is 12.1 Å². The van der Waals surface area contributed by atoms with Crippen LogP contribution in [0.3, 0.4) is 0 Å². The van der Waals surface area contributed by atoms with Gasteiger partial charge in [-0.1, -0.05) is 34.9 Å². The monoisotopic (exact) mass is 397 g/mol. The molecule has 134 valence electrons. The summed E-state index contributed by atoms with van der Waals surface area (Å²) in [6.07, 6.45) is -1.55. The summed E-state index contributed by atoms with van der Waals surface area (Å²) in [7, 11) is 0. The van der Waals surface area contributed by atoms with Crippen LogP contribution in [0, 0.1) is 11.8 Å². The number of aromatic nitrogens is 2. The molecule has 0 atom stereocenters. The van der Waals surface area contributed by atoms with Crippen LogP contribution in [0.25, 0.3) is 0 Å². The number of hydrogen-bond acceptors (Lipinski definition) is 6. The molecule has 2 heterocycles. The number of carbonyl (C=O) groups excluding carboxylic acids is 1. The fourth-order valence-corrected chi connectivity index (χ4v) is 5.59.